The summed E-state index contributed by atoms with van der Waals surface area (Å²) in [7, 11) is 0. The standard InChI is InChI=1S/C16H21NO3/c1-2-11-6-5-7-12(10-11)17-15(18)13-8-3-4-9-14(13)16(19)20/h3-4,8-9,11-12H,2,5-7,10H2,1H3,(H,17,18)(H,19,20). The van der Waals surface area contributed by atoms with Gasteiger partial charge in [-0.05, 0) is 30.9 Å². The van der Waals surface area contributed by atoms with E-state index in [1.54, 1.807) is 18.2 Å². The molecule has 20 heavy (non-hydrogen) atoms. The van der Waals surface area contributed by atoms with E-state index in [0.29, 0.717) is 5.92 Å². The molecule has 2 atom stereocenters. The van der Waals surface area contributed by atoms with Crippen molar-refractivity contribution in [1.29, 1.82) is 0 Å². The second-order valence-electron chi connectivity index (χ2n) is 5.46. The van der Waals surface area contributed by atoms with E-state index in [0.717, 1.165) is 25.7 Å². The zero-order chi connectivity index (χ0) is 14.5. The van der Waals surface area contributed by atoms with E-state index in [4.69, 9.17) is 5.11 Å². The Morgan fingerprint density at radius 3 is 2.60 bits per heavy atom. The quantitative estimate of drug-likeness (QED) is 0.887. The maximum atomic E-state index is 12.3. The van der Waals surface area contributed by atoms with Gasteiger partial charge in [-0.1, -0.05) is 38.3 Å². The van der Waals surface area contributed by atoms with Gasteiger partial charge in [0.15, 0.2) is 0 Å². The molecule has 108 valence electrons. The number of nitrogens with one attached hydrogen (secondary N) is 1. The lowest BCUT2D eigenvalue weighted by molar-refractivity contribution is 0.0690. The van der Waals surface area contributed by atoms with Crippen molar-refractivity contribution in [2.24, 2.45) is 5.92 Å². The molecule has 1 amide bonds. The highest BCUT2D eigenvalue weighted by atomic mass is 16.4. The average Bonchev–Trinajstić information content (AvgIpc) is 2.47. The number of carbonyl (C=O) groups excluding carboxylic acids is 1. The molecule has 1 saturated carbocycles. The molecule has 1 aliphatic rings. The van der Waals surface area contributed by atoms with Gasteiger partial charge in [0, 0.05) is 6.04 Å². The van der Waals surface area contributed by atoms with Crippen molar-refractivity contribution in [3.63, 3.8) is 0 Å². The molecule has 4 heteroatoms. The lowest BCUT2D eigenvalue weighted by atomic mass is 9.84. The SMILES string of the molecule is CCC1CCCC(NC(=O)c2ccccc2C(=O)O)C1. The van der Waals surface area contributed by atoms with Crippen molar-refractivity contribution in [3.05, 3.63) is 35.4 Å². The van der Waals surface area contributed by atoms with E-state index in [9.17, 15) is 9.59 Å². The summed E-state index contributed by atoms with van der Waals surface area (Å²) in [6.07, 6.45) is 5.48. The summed E-state index contributed by atoms with van der Waals surface area (Å²) < 4.78 is 0. The molecule has 0 aliphatic heterocycles. The largest absolute Gasteiger partial charge is 0.478 e. The van der Waals surface area contributed by atoms with Crippen LogP contribution in [0.5, 0.6) is 0 Å². The Hall–Kier alpha value is -1.84. The van der Waals surface area contributed by atoms with Gasteiger partial charge >= 0.3 is 5.97 Å². The molecule has 1 aromatic rings. The average molecular weight is 275 g/mol. The lowest BCUT2D eigenvalue weighted by Gasteiger charge is -2.29. The fraction of sp³-hybridized carbons (Fsp3) is 0.500. The Kier molecular flexibility index (Phi) is 4.77. The van der Waals surface area contributed by atoms with Gasteiger partial charge in [0.2, 0.25) is 0 Å². The maximum Gasteiger partial charge on any atom is 0.336 e. The van der Waals surface area contributed by atoms with Crippen LogP contribution < -0.4 is 5.32 Å². The van der Waals surface area contributed by atoms with Crippen molar-refractivity contribution in [3.8, 4) is 0 Å². The number of amides is 1. The number of rotatable bonds is 4. The minimum atomic E-state index is -1.06. The number of carboxylic acid groups (broad SMARTS) is 1. The summed E-state index contributed by atoms with van der Waals surface area (Å²) in [6, 6.07) is 6.53. The number of hydrogen-bond donors (Lipinski definition) is 2. The van der Waals surface area contributed by atoms with Crippen LogP contribution >= 0.6 is 0 Å². The number of hydrogen-bond acceptors (Lipinski definition) is 2. The van der Waals surface area contributed by atoms with Gasteiger partial charge < -0.3 is 10.4 Å². The minimum Gasteiger partial charge on any atom is -0.478 e. The molecule has 1 fully saturated rings. The number of benzene rings is 1. The molecular weight excluding hydrogens is 254 g/mol. The number of carboxylic acids is 1. The molecule has 1 aliphatic carbocycles. The Bertz CT molecular complexity index is 498. The zero-order valence-corrected chi connectivity index (χ0v) is 11.8. The smallest absolute Gasteiger partial charge is 0.336 e. The van der Waals surface area contributed by atoms with Crippen LogP contribution in [-0.4, -0.2) is 23.0 Å². The van der Waals surface area contributed by atoms with E-state index in [-0.39, 0.29) is 23.1 Å². The predicted octanol–water partition coefficient (Wildman–Crippen LogP) is 3.08. The third-order valence-corrected chi connectivity index (χ3v) is 4.10. The molecule has 0 radical (unpaired) electrons. The van der Waals surface area contributed by atoms with Crippen LogP contribution in [0.15, 0.2) is 24.3 Å². The van der Waals surface area contributed by atoms with Crippen LogP contribution in [0.4, 0.5) is 0 Å². The first-order valence-corrected chi connectivity index (χ1v) is 7.25. The fourth-order valence-corrected chi connectivity index (χ4v) is 2.92. The van der Waals surface area contributed by atoms with E-state index >= 15 is 0 Å². The highest BCUT2D eigenvalue weighted by molar-refractivity contribution is 6.04. The second-order valence-corrected chi connectivity index (χ2v) is 5.46. The van der Waals surface area contributed by atoms with Gasteiger partial charge in [-0.2, -0.15) is 0 Å². The highest BCUT2D eigenvalue weighted by Crippen LogP contribution is 2.26. The molecule has 1 aromatic carbocycles. The normalized spacial score (nSPS) is 22.2. The first-order chi connectivity index (χ1) is 9.61. The van der Waals surface area contributed by atoms with Gasteiger partial charge in [-0.25, -0.2) is 4.79 Å². The van der Waals surface area contributed by atoms with Gasteiger partial charge in [-0.15, -0.1) is 0 Å². The van der Waals surface area contributed by atoms with Crippen LogP contribution in [0.1, 0.15) is 59.7 Å². The van der Waals surface area contributed by atoms with Crippen molar-refractivity contribution < 1.29 is 14.7 Å². The third kappa shape index (κ3) is 3.38. The molecule has 4 nitrogen and oxygen atoms in total. The molecule has 2 rings (SSSR count). The van der Waals surface area contributed by atoms with Gasteiger partial charge in [0.05, 0.1) is 11.1 Å². The Morgan fingerprint density at radius 2 is 1.95 bits per heavy atom. The zero-order valence-electron chi connectivity index (χ0n) is 11.8. The molecule has 0 bridgehead atoms. The van der Waals surface area contributed by atoms with E-state index < -0.39 is 5.97 Å². The second kappa shape index (κ2) is 6.55. The molecule has 0 spiro atoms. The van der Waals surface area contributed by atoms with Gasteiger partial charge in [0.25, 0.3) is 5.91 Å². The first-order valence-electron chi connectivity index (χ1n) is 7.25. The van der Waals surface area contributed by atoms with Crippen LogP contribution in [-0.2, 0) is 0 Å². The molecule has 2 unspecified atom stereocenters. The van der Waals surface area contributed by atoms with Crippen LogP contribution in [0.25, 0.3) is 0 Å². The fourth-order valence-electron chi connectivity index (χ4n) is 2.92. The third-order valence-electron chi connectivity index (χ3n) is 4.10. The van der Waals surface area contributed by atoms with E-state index in [2.05, 4.69) is 12.2 Å². The Labute approximate surface area is 119 Å². The van der Waals surface area contributed by atoms with Crippen molar-refractivity contribution in [1.82, 2.24) is 5.32 Å². The van der Waals surface area contributed by atoms with Crippen LogP contribution in [0, 0.1) is 5.92 Å². The highest BCUT2D eigenvalue weighted by Gasteiger charge is 2.24. The van der Waals surface area contributed by atoms with Crippen molar-refractivity contribution in [2.45, 2.75) is 45.1 Å². The van der Waals surface area contributed by atoms with Gasteiger partial charge in [-0.3, -0.25) is 4.79 Å². The lowest BCUT2D eigenvalue weighted by Crippen LogP contribution is -2.38. The van der Waals surface area contributed by atoms with E-state index in [1.165, 1.54) is 12.5 Å². The monoisotopic (exact) mass is 275 g/mol. The molecule has 0 heterocycles. The van der Waals surface area contributed by atoms with E-state index in [1.807, 2.05) is 0 Å². The summed E-state index contributed by atoms with van der Waals surface area (Å²) in [4.78, 5) is 23.4. The molecule has 0 aromatic heterocycles. The Balaban J connectivity index is 2.07. The van der Waals surface area contributed by atoms with Gasteiger partial charge in [0.1, 0.15) is 0 Å². The number of carbonyl (C=O) groups is 2. The maximum absolute atomic E-state index is 12.3. The Morgan fingerprint density at radius 1 is 1.25 bits per heavy atom. The summed E-state index contributed by atoms with van der Waals surface area (Å²) in [6.45, 7) is 2.18. The van der Waals surface area contributed by atoms with Crippen LogP contribution in [0.2, 0.25) is 0 Å². The predicted molar refractivity (Wildman–Crippen MR) is 76.9 cm³/mol. The first kappa shape index (κ1) is 14.6. The van der Waals surface area contributed by atoms with Crippen molar-refractivity contribution >= 4 is 11.9 Å². The van der Waals surface area contributed by atoms with Crippen LogP contribution in [0.3, 0.4) is 0 Å². The summed E-state index contributed by atoms with van der Waals surface area (Å²) in [5, 5.41) is 12.1. The summed E-state index contributed by atoms with van der Waals surface area (Å²) >= 11 is 0. The minimum absolute atomic E-state index is 0.0628. The summed E-state index contributed by atoms with van der Waals surface area (Å²) in [5.74, 6) is -0.667. The molecular formula is C16H21NO3. The number of aromatic carboxylic acids is 1. The topological polar surface area (TPSA) is 66.4 Å². The molecule has 2 N–H and O–H groups in total. The molecule has 0 saturated heterocycles. The van der Waals surface area contributed by atoms with Crippen molar-refractivity contribution in [2.75, 3.05) is 0 Å². The summed E-state index contributed by atoms with van der Waals surface area (Å²) in [5.41, 5.74) is 0.312.